The van der Waals surface area contributed by atoms with E-state index in [4.69, 9.17) is 4.74 Å². The molecule has 1 heterocycles. The van der Waals surface area contributed by atoms with E-state index in [9.17, 15) is 4.79 Å². The molecule has 0 aliphatic heterocycles. The minimum Gasteiger partial charge on any atom is -0.464 e. The number of ether oxygens (including phenoxy) is 1. The Morgan fingerprint density at radius 3 is 2.80 bits per heavy atom. The SMILES string of the molecule is COC(=O)c1cccn1C1CCCCC1. The second kappa shape index (κ2) is 4.51. The summed E-state index contributed by atoms with van der Waals surface area (Å²) >= 11 is 0. The standard InChI is InChI=1S/C12H17NO2/c1-15-12(14)11-8-5-9-13(11)10-6-3-2-4-7-10/h5,8-10H,2-4,6-7H2,1H3. The molecular weight excluding hydrogens is 190 g/mol. The second-order valence-electron chi connectivity index (χ2n) is 4.08. The van der Waals surface area contributed by atoms with E-state index in [-0.39, 0.29) is 5.97 Å². The average molecular weight is 207 g/mol. The topological polar surface area (TPSA) is 31.2 Å². The van der Waals surface area contributed by atoms with Crippen LogP contribution in [0.25, 0.3) is 0 Å². The zero-order valence-corrected chi connectivity index (χ0v) is 9.11. The molecule has 0 atom stereocenters. The second-order valence-corrected chi connectivity index (χ2v) is 4.08. The lowest BCUT2D eigenvalue weighted by atomic mass is 9.95. The van der Waals surface area contributed by atoms with Gasteiger partial charge in [-0.05, 0) is 25.0 Å². The molecule has 1 aromatic rings. The zero-order valence-electron chi connectivity index (χ0n) is 9.11. The number of carbonyl (C=O) groups is 1. The number of aromatic nitrogens is 1. The molecule has 1 aromatic heterocycles. The van der Waals surface area contributed by atoms with E-state index in [1.165, 1.54) is 39.2 Å². The van der Waals surface area contributed by atoms with Crippen molar-refractivity contribution in [2.45, 2.75) is 38.1 Å². The molecule has 0 unspecified atom stereocenters. The fourth-order valence-corrected chi connectivity index (χ4v) is 2.35. The van der Waals surface area contributed by atoms with Crippen LogP contribution < -0.4 is 0 Å². The highest BCUT2D eigenvalue weighted by Crippen LogP contribution is 2.29. The Bertz CT molecular complexity index is 337. The molecule has 82 valence electrons. The summed E-state index contributed by atoms with van der Waals surface area (Å²) in [4.78, 5) is 11.5. The molecule has 0 aromatic carbocycles. The number of esters is 1. The highest BCUT2D eigenvalue weighted by molar-refractivity contribution is 5.87. The van der Waals surface area contributed by atoms with Crippen LogP contribution in [0.4, 0.5) is 0 Å². The van der Waals surface area contributed by atoms with Gasteiger partial charge in [-0.15, -0.1) is 0 Å². The summed E-state index contributed by atoms with van der Waals surface area (Å²) in [5.74, 6) is -0.231. The lowest BCUT2D eigenvalue weighted by Gasteiger charge is -2.24. The Labute approximate surface area is 90.0 Å². The van der Waals surface area contributed by atoms with Crippen LogP contribution in [0.15, 0.2) is 18.3 Å². The number of rotatable bonds is 2. The van der Waals surface area contributed by atoms with Crippen LogP contribution in [0, 0.1) is 0 Å². The van der Waals surface area contributed by atoms with E-state index < -0.39 is 0 Å². The Morgan fingerprint density at radius 2 is 2.13 bits per heavy atom. The minimum atomic E-state index is -0.231. The molecule has 1 saturated carbocycles. The predicted octanol–water partition coefficient (Wildman–Crippen LogP) is 2.78. The van der Waals surface area contributed by atoms with Gasteiger partial charge in [0.15, 0.2) is 0 Å². The first-order chi connectivity index (χ1) is 7.33. The Kier molecular flexibility index (Phi) is 3.09. The average Bonchev–Trinajstić information content (AvgIpc) is 2.78. The molecule has 0 N–H and O–H groups in total. The van der Waals surface area contributed by atoms with Crippen molar-refractivity contribution in [2.75, 3.05) is 7.11 Å². The third-order valence-corrected chi connectivity index (χ3v) is 3.14. The van der Waals surface area contributed by atoms with Crippen molar-refractivity contribution in [2.24, 2.45) is 0 Å². The van der Waals surface area contributed by atoms with Gasteiger partial charge in [-0.3, -0.25) is 0 Å². The van der Waals surface area contributed by atoms with Gasteiger partial charge < -0.3 is 9.30 Å². The molecule has 0 bridgehead atoms. The van der Waals surface area contributed by atoms with E-state index in [1.807, 2.05) is 18.3 Å². The minimum absolute atomic E-state index is 0.231. The number of hydrogen-bond acceptors (Lipinski definition) is 2. The van der Waals surface area contributed by atoms with Gasteiger partial charge in [0.1, 0.15) is 5.69 Å². The predicted molar refractivity (Wildman–Crippen MR) is 57.9 cm³/mol. The smallest absolute Gasteiger partial charge is 0.354 e. The highest BCUT2D eigenvalue weighted by Gasteiger charge is 2.19. The quantitative estimate of drug-likeness (QED) is 0.698. The first-order valence-corrected chi connectivity index (χ1v) is 5.58. The van der Waals surface area contributed by atoms with Gasteiger partial charge in [-0.1, -0.05) is 19.3 Å². The van der Waals surface area contributed by atoms with Crippen LogP contribution in [0.2, 0.25) is 0 Å². The van der Waals surface area contributed by atoms with E-state index in [0.29, 0.717) is 11.7 Å². The molecule has 0 radical (unpaired) electrons. The van der Waals surface area contributed by atoms with Gasteiger partial charge in [-0.25, -0.2) is 4.79 Å². The van der Waals surface area contributed by atoms with Crippen molar-refractivity contribution in [3.63, 3.8) is 0 Å². The highest BCUT2D eigenvalue weighted by atomic mass is 16.5. The monoisotopic (exact) mass is 207 g/mol. The van der Waals surface area contributed by atoms with Crippen molar-refractivity contribution in [3.05, 3.63) is 24.0 Å². The summed E-state index contributed by atoms with van der Waals surface area (Å²) in [6.07, 6.45) is 8.21. The molecule has 1 fully saturated rings. The Hall–Kier alpha value is -1.25. The van der Waals surface area contributed by atoms with E-state index in [2.05, 4.69) is 4.57 Å². The van der Waals surface area contributed by atoms with Gasteiger partial charge in [-0.2, -0.15) is 0 Å². The number of hydrogen-bond donors (Lipinski definition) is 0. The van der Waals surface area contributed by atoms with Crippen molar-refractivity contribution in [3.8, 4) is 0 Å². The van der Waals surface area contributed by atoms with Gasteiger partial charge >= 0.3 is 5.97 Å². The van der Waals surface area contributed by atoms with Crippen molar-refractivity contribution < 1.29 is 9.53 Å². The molecule has 1 aliphatic rings. The summed E-state index contributed by atoms with van der Waals surface area (Å²) in [5, 5.41) is 0. The molecular formula is C12H17NO2. The lowest BCUT2D eigenvalue weighted by Crippen LogP contribution is -2.17. The maximum absolute atomic E-state index is 11.5. The molecule has 0 spiro atoms. The summed E-state index contributed by atoms with van der Waals surface area (Å²) < 4.78 is 6.84. The fraction of sp³-hybridized carbons (Fsp3) is 0.583. The van der Waals surface area contributed by atoms with Gasteiger partial charge in [0, 0.05) is 12.2 Å². The molecule has 0 saturated heterocycles. The molecule has 15 heavy (non-hydrogen) atoms. The zero-order chi connectivity index (χ0) is 10.7. The number of nitrogens with zero attached hydrogens (tertiary/aromatic N) is 1. The summed E-state index contributed by atoms with van der Waals surface area (Å²) in [6.45, 7) is 0. The number of carbonyl (C=O) groups excluding carboxylic acids is 1. The fourth-order valence-electron chi connectivity index (χ4n) is 2.35. The third kappa shape index (κ3) is 2.06. The Morgan fingerprint density at radius 1 is 1.40 bits per heavy atom. The van der Waals surface area contributed by atoms with Crippen molar-refractivity contribution in [1.82, 2.24) is 4.57 Å². The van der Waals surface area contributed by atoms with Crippen LogP contribution in [0.1, 0.15) is 48.6 Å². The normalized spacial score (nSPS) is 17.7. The van der Waals surface area contributed by atoms with E-state index in [1.54, 1.807) is 0 Å². The maximum Gasteiger partial charge on any atom is 0.354 e. The van der Waals surface area contributed by atoms with E-state index in [0.717, 1.165) is 0 Å². The van der Waals surface area contributed by atoms with E-state index >= 15 is 0 Å². The van der Waals surface area contributed by atoms with Crippen LogP contribution in [-0.4, -0.2) is 17.6 Å². The summed E-state index contributed by atoms with van der Waals surface area (Å²) in [5.41, 5.74) is 0.685. The van der Waals surface area contributed by atoms with Gasteiger partial charge in [0.2, 0.25) is 0 Å². The first-order valence-electron chi connectivity index (χ1n) is 5.58. The molecule has 3 nitrogen and oxygen atoms in total. The third-order valence-electron chi connectivity index (χ3n) is 3.14. The maximum atomic E-state index is 11.5. The van der Waals surface area contributed by atoms with Crippen LogP contribution >= 0.6 is 0 Å². The van der Waals surface area contributed by atoms with Crippen LogP contribution in [0.3, 0.4) is 0 Å². The molecule has 1 aliphatic carbocycles. The largest absolute Gasteiger partial charge is 0.464 e. The van der Waals surface area contributed by atoms with Gasteiger partial charge in [0.25, 0.3) is 0 Å². The van der Waals surface area contributed by atoms with Crippen molar-refractivity contribution in [1.29, 1.82) is 0 Å². The molecule has 3 heteroatoms. The summed E-state index contributed by atoms with van der Waals surface area (Å²) in [7, 11) is 1.43. The van der Waals surface area contributed by atoms with Gasteiger partial charge in [0.05, 0.1) is 7.11 Å². The Balaban J connectivity index is 2.19. The van der Waals surface area contributed by atoms with Crippen LogP contribution in [-0.2, 0) is 4.74 Å². The molecule has 2 rings (SSSR count). The molecule has 0 amide bonds. The first kappa shape index (κ1) is 10.3. The number of methoxy groups -OCH3 is 1. The van der Waals surface area contributed by atoms with Crippen molar-refractivity contribution >= 4 is 5.97 Å². The lowest BCUT2D eigenvalue weighted by molar-refractivity contribution is 0.0584. The van der Waals surface area contributed by atoms with Crippen LogP contribution in [0.5, 0.6) is 0 Å². The summed E-state index contributed by atoms with van der Waals surface area (Å²) in [6, 6.07) is 4.24.